The Hall–Kier alpha value is -1.12. The third kappa shape index (κ3) is 2.76. The zero-order valence-corrected chi connectivity index (χ0v) is 11.7. The van der Waals surface area contributed by atoms with Gasteiger partial charge >= 0.3 is 0 Å². The van der Waals surface area contributed by atoms with Crippen molar-refractivity contribution in [3.63, 3.8) is 0 Å². The van der Waals surface area contributed by atoms with Gasteiger partial charge in [0.25, 0.3) is 0 Å². The van der Waals surface area contributed by atoms with Crippen molar-refractivity contribution in [1.82, 2.24) is 0 Å². The molecule has 0 saturated carbocycles. The smallest absolute Gasteiger partial charge is 0.0268 e. The number of nitrogens with two attached hydrogens (primary N) is 1. The minimum atomic E-state index is 0.0744. The van der Waals surface area contributed by atoms with Gasteiger partial charge in [0.1, 0.15) is 0 Å². The zero-order valence-electron chi connectivity index (χ0n) is 10.1. The molecule has 0 spiro atoms. The number of aryl methyl sites for hydroxylation is 1. The number of halogens is 1. The lowest BCUT2D eigenvalue weighted by molar-refractivity contribution is 0.810. The van der Waals surface area contributed by atoms with Crippen LogP contribution in [0, 0.1) is 6.92 Å². The van der Waals surface area contributed by atoms with Gasteiger partial charge in [0.15, 0.2) is 0 Å². The first kappa shape index (κ1) is 12.3. The molecule has 0 heterocycles. The fraction of sp³-hybridized carbons (Fsp3) is 0.200. The highest BCUT2D eigenvalue weighted by molar-refractivity contribution is 9.10. The Kier molecular flexibility index (Phi) is 3.65. The molecule has 17 heavy (non-hydrogen) atoms. The molecular weight excluding hydrogens is 274 g/mol. The van der Waals surface area contributed by atoms with E-state index in [0.717, 1.165) is 4.47 Å². The van der Waals surface area contributed by atoms with Gasteiger partial charge in [-0.25, -0.2) is 0 Å². The highest BCUT2D eigenvalue weighted by Gasteiger charge is 2.06. The van der Waals surface area contributed by atoms with Crippen molar-refractivity contribution in [3.8, 4) is 11.1 Å². The summed E-state index contributed by atoms with van der Waals surface area (Å²) in [5.74, 6) is 0. The summed E-state index contributed by atoms with van der Waals surface area (Å²) in [7, 11) is 0. The number of benzene rings is 2. The van der Waals surface area contributed by atoms with Crippen LogP contribution in [0.25, 0.3) is 11.1 Å². The van der Waals surface area contributed by atoms with E-state index in [-0.39, 0.29) is 6.04 Å². The van der Waals surface area contributed by atoms with Gasteiger partial charge in [-0.1, -0.05) is 40.2 Å². The van der Waals surface area contributed by atoms with E-state index in [2.05, 4.69) is 65.3 Å². The summed E-state index contributed by atoms with van der Waals surface area (Å²) in [4.78, 5) is 0. The highest BCUT2D eigenvalue weighted by atomic mass is 79.9. The van der Waals surface area contributed by atoms with E-state index in [1.165, 1.54) is 22.3 Å². The zero-order chi connectivity index (χ0) is 12.4. The molecule has 1 nitrogen and oxygen atoms in total. The molecule has 0 aliphatic carbocycles. The van der Waals surface area contributed by atoms with Crippen LogP contribution in [0.2, 0.25) is 0 Å². The maximum absolute atomic E-state index is 5.98. The molecule has 2 aromatic carbocycles. The normalized spacial score (nSPS) is 12.5. The average Bonchev–Trinajstić information content (AvgIpc) is 2.30. The molecule has 2 N–H and O–H groups in total. The van der Waals surface area contributed by atoms with Crippen molar-refractivity contribution in [2.45, 2.75) is 19.9 Å². The summed E-state index contributed by atoms with van der Waals surface area (Å²) in [5, 5.41) is 0. The van der Waals surface area contributed by atoms with E-state index in [1.54, 1.807) is 0 Å². The van der Waals surface area contributed by atoms with Crippen LogP contribution < -0.4 is 5.73 Å². The summed E-state index contributed by atoms with van der Waals surface area (Å²) >= 11 is 3.45. The van der Waals surface area contributed by atoms with Crippen LogP contribution in [-0.4, -0.2) is 0 Å². The summed E-state index contributed by atoms with van der Waals surface area (Å²) in [6.45, 7) is 4.12. The Labute approximate surface area is 111 Å². The second-order valence-corrected chi connectivity index (χ2v) is 5.28. The van der Waals surface area contributed by atoms with Crippen molar-refractivity contribution in [3.05, 3.63) is 58.1 Å². The SMILES string of the molecule is Cc1ccc(-c2ccc(Br)cc2)cc1C(C)N. The van der Waals surface area contributed by atoms with E-state index in [1.807, 2.05) is 6.92 Å². The Morgan fingerprint density at radius 2 is 1.59 bits per heavy atom. The van der Waals surface area contributed by atoms with Crippen LogP contribution >= 0.6 is 15.9 Å². The maximum atomic E-state index is 5.98. The van der Waals surface area contributed by atoms with Gasteiger partial charge < -0.3 is 5.73 Å². The van der Waals surface area contributed by atoms with Crippen molar-refractivity contribution in [1.29, 1.82) is 0 Å². The lowest BCUT2D eigenvalue weighted by atomic mass is 9.96. The first-order valence-electron chi connectivity index (χ1n) is 5.70. The van der Waals surface area contributed by atoms with Gasteiger partial charge in [-0.3, -0.25) is 0 Å². The Morgan fingerprint density at radius 1 is 1.00 bits per heavy atom. The molecule has 2 heteroatoms. The highest BCUT2D eigenvalue weighted by Crippen LogP contribution is 2.26. The molecule has 0 radical (unpaired) electrons. The minimum Gasteiger partial charge on any atom is -0.324 e. The van der Waals surface area contributed by atoms with Crippen molar-refractivity contribution < 1.29 is 0 Å². The molecule has 1 unspecified atom stereocenters. The summed E-state index contributed by atoms with van der Waals surface area (Å²) in [6, 6.07) is 14.9. The number of hydrogen-bond acceptors (Lipinski definition) is 1. The quantitative estimate of drug-likeness (QED) is 0.869. The van der Waals surface area contributed by atoms with Crippen molar-refractivity contribution in [2.75, 3.05) is 0 Å². The molecule has 0 aliphatic heterocycles. The minimum absolute atomic E-state index is 0.0744. The van der Waals surface area contributed by atoms with Crippen LogP contribution in [-0.2, 0) is 0 Å². The summed E-state index contributed by atoms with van der Waals surface area (Å²) in [6.07, 6.45) is 0. The second-order valence-electron chi connectivity index (χ2n) is 4.37. The summed E-state index contributed by atoms with van der Waals surface area (Å²) in [5.41, 5.74) is 10.9. The molecule has 0 bridgehead atoms. The lowest BCUT2D eigenvalue weighted by Gasteiger charge is -2.12. The van der Waals surface area contributed by atoms with Crippen LogP contribution in [0.1, 0.15) is 24.1 Å². The molecule has 0 saturated heterocycles. The monoisotopic (exact) mass is 289 g/mol. The first-order chi connectivity index (χ1) is 8.08. The molecule has 88 valence electrons. The van der Waals surface area contributed by atoms with Gasteiger partial charge in [0.05, 0.1) is 0 Å². The topological polar surface area (TPSA) is 26.0 Å². The van der Waals surface area contributed by atoms with Gasteiger partial charge in [-0.15, -0.1) is 0 Å². The average molecular weight is 290 g/mol. The Balaban J connectivity index is 2.46. The Bertz CT molecular complexity index is 515. The van der Waals surface area contributed by atoms with Crippen LogP contribution in [0.15, 0.2) is 46.9 Å². The van der Waals surface area contributed by atoms with E-state index in [4.69, 9.17) is 5.73 Å². The third-order valence-corrected chi connectivity index (χ3v) is 3.48. The van der Waals surface area contributed by atoms with E-state index in [9.17, 15) is 0 Å². The third-order valence-electron chi connectivity index (χ3n) is 2.95. The Morgan fingerprint density at radius 3 is 2.18 bits per heavy atom. The number of hydrogen-bond donors (Lipinski definition) is 1. The molecule has 0 fully saturated rings. The van der Waals surface area contributed by atoms with Crippen LogP contribution in [0.5, 0.6) is 0 Å². The molecule has 2 aromatic rings. The van der Waals surface area contributed by atoms with Crippen LogP contribution in [0.3, 0.4) is 0 Å². The molecule has 2 rings (SSSR count). The maximum Gasteiger partial charge on any atom is 0.0268 e. The van der Waals surface area contributed by atoms with Gasteiger partial charge in [-0.2, -0.15) is 0 Å². The first-order valence-corrected chi connectivity index (χ1v) is 6.49. The summed E-state index contributed by atoms with van der Waals surface area (Å²) < 4.78 is 1.10. The van der Waals surface area contributed by atoms with E-state index < -0.39 is 0 Å². The lowest BCUT2D eigenvalue weighted by Crippen LogP contribution is -2.06. The predicted molar refractivity (Wildman–Crippen MR) is 76.9 cm³/mol. The standard InChI is InChI=1S/C15H16BrN/c1-10-3-4-13(9-15(10)11(2)17)12-5-7-14(16)8-6-12/h3-9,11H,17H2,1-2H3. The van der Waals surface area contributed by atoms with E-state index in [0.29, 0.717) is 0 Å². The molecular formula is C15H16BrN. The van der Waals surface area contributed by atoms with Crippen LogP contribution in [0.4, 0.5) is 0 Å². The predicted octanol–water partition coefficient (Wildman–Crippen LogP) is 4.44. The second kappa shape index (κ2) is 5.03. The molecule has 0 amide bonds. The largest absolute Gasteiger partial charge is 0.324 e. The van der Waals surface area contributed by atoms with Gasteiger partial charge in [0, 0.05) is 10.5 Å². The fourth-order valence-electron chi connectivity index (χ4n) is 1.95. The van der Waals surface area contributed by atoms with Crippen molar-refractivity contribution >= 4 is 15.9 Å². The fourth-order valence-corrected chi connectivity index (χ4v) is 2.22. The molecule has 1 atom stereocenters. The molecule has 0 aliphatic rings. The number of rotatable bonds is 2. The van der Waals surface area contributed by atoms with Crippen molar-refractivity contribution in [2.24, 2.45) is 5.73 Å². The van der Waals surface area contributed by atoms with E-state index >= 15 is 0 Å². The van der Waals surface area contributed by atoms with Gasteiger partial charge in [-0.05, 0) is 54.3 Å². The molecule has 0 aromatic heterocycles. The van der Waals surface area contributed by atoms with Gasteiger partial charge in [0.2, 0.25) is 0 Å².